The van der Waals surface area contributed by atoms with Crippen LogP contribution in [0.3, 0.4) is 0 Å². The van der Waals surface area contributed by atoms with Crippen molar-refractivity contribution in [3.63, 3.8) is 0 Å². The summed E-state index contributed by atoms with van der Waals surface area (Å²) < 4.78 is 0. The maximum Gasteiger partial charge on any atom is 0.286 e. The number of rotatable bonds is 3. The van der Waals surface area contributed by atoms with E-state index in [1.165, 1.54) is 0 Å². The van der Waals surface area contributed by atoms with Gasteiger partial charge in [-0.3, -0.25) is 14.4 Å². The van der Waals surface area contributed by atoms with E-state index < -0.39 is 23.5 Å². The smallest absolute Gasteiger partial charge is 0.286 e. The second kappa shape index (κ2) is 4.28. The van der Waals surface area contributed by atoms with E-state index in [0.29, 0.717) is 5.69 Å². The van der Waals surface area contributed by atoms with Crippen LogP contribution in [0, 0.1) is 5.92 Å². The van der Waals surface area contributed by atoms with E-state index in [9.17, 15) is 14.4 Å². The minimum absolute atomic E-state index is 0.229. The average molecular weight is 246 g/mol. The van der Waals surface area contributed by atoms with Crippen LogP contribution in [0.4, 0.5) is 5.69 Å². The summed E-state index contributed by atoms with van der Waals surface area (Å²) in [5.74, 6) is -4.58. The fraction of sp³-hybridized carbons (Fsp3) is 0.0909. The van der Waals surface area contributed by atoms with Gasteiger partial charge in [-0.2, -0.15) is 10.1 Å². The molecule has 0 spiro atoms. The first-order chi connectivity index (χ1) is 8.52. The number of para-hydroxylation sites is 1. The third-order valence-corrected chi connectivity index (χ3v) is 2.47. The first-order valence-corrected chi connectivity index (χ1v) is 5.09. The summed E-state index contributed by atoms with van der Waals surface area (Å²) in [5.41, 5.74) is 10.8. The summed E-state index contributed by atoms with van der Waals surface area (Å²) in [6.45, 7) is 0. The molecule has 1 aromatic rings. The fourth-order valence-corrected chi connectivity index (χ4v) is 1.61. The summed E-state index contributed by atoms with van der Waals surface area (Å²) in [7, 11) is 0. The summed E-state index contributed by atoms with van der Waals surface area (Å²) >= 11 is 0. The van der Waals surface area contributed by atoms with Gasteiger partial charge >= 0.3 is 0 Å². The number of nitrogens with two attached hydrogens (primary N) is 2. The number of hydrogen-bond acceptors (Lipinski definition) is 5. The van der Waals surface area contributed by atoms with Crippen LogP contribution in [0.5, 0.6) is 0 Å². The minimum Gasteiger partial charge on any atom is -0.385 e. The highest BCUT2D eigenvalue weighted by Gasteiger charge is 2.42. The van der Waals surface area contributed by atoms with E-state index in [1.54, 1.807) is 30.3 Å². The SMILES string of the molecule is NC(=O)C(=O)[C@H]1C(=O)N(c2ccccc2)N=C1N. The van der Waals surface area contributed by atoms with Crippen molar-refractivity contribution >= 4 is 29.1 Å². The third-order valence-electron chi connectivity index (χ3n) is 2.47. The Morgan fingerprint density at radius 1 is 1.22 bits per heavy atom. The Labute approximate surface area is 102 Å². The van der Waals surface area contributed by atoms with Gasteiger partial charge in [0.25, 0.3) is 11.8 Å². The number of carbonyl (C=O) groups excluding carboxylic acids is 3. The summed E-state index contributed by atoms with van der Waals surface area (Å²) in [5, 5.41) is 4.76. The van der Waals surface area contributed by atoms with E-state index in [1.807, 2.05) is 0 Å². The lowest BCUT2D eigenvalue weighted by atomic mass is 10.0. The highest BCUT2D eigenvalue weighted by molar-refractivity contribution is 6.47. The molecule has 0 unspecified atom stereocenters. The molecule has 0 aliphatic carbocycles. The molecule has 0 saturated carbocycles. The Bertz CT molecular complexity index is 553. The largest absolute Gasteiger partial charge is 0.385 e. The van der Waals surface area contributed by atoms with Crippen LogP contribution in [0.2, 0.25) is 0 Å². The molecule has 7 nitrogen and oxygen atoms in total. The van der Waals surface area contributed by atoms with Crippen LogP contribution in [0.15, 0.2) is 35.4 Å². The molecule has 1 aliphatic rings. The number of primary amides is 1. The number of anilines is 1. The molecule has 1 aromatic carbocycles. The van der Waals surface area contributed by atoms with Crippen LogP contribution < -0.4 is 16.5 Å². The second-order valence-corrected chi connectivity index (χ2v) is 3.67. The number of amides is 2. The Morgan fingerprint density at radius 2 is 1.83 bits per heavy atom. The molecule has 4 N–H and O–H groups in total. The van der Waals surface area contributed by atoms with E-state index >= 15 is 0 Å². The van der Waals surface area contributed by atoms with Gasteiger partial charge in [0.2, 0.25) is 5.78 Å². The van der Waals surface area contributed by atoms with Crippen molar-refractivity contribution in [2.24, 2.45) is 22.5 Å². The van der Waals surface area contributed by atoms with Crippen LogP contribution in [0.25, 0.3) is 0 Å². The standard InChI is InChI=1S/C11H10N4O3/c12-9-7(8(16)10(13)17)11(18)15(14-9)6-4-2-1-3-5-6/h1-5,7H,(H2,12,14)(H2,13,17)/t7-/m1/s1. The highest BCUT2D eigenvalue weighted by atomic mass is 16.2. The van der Waals surface area contributed by atoms with Crippen molar-refractivity contribution in [3.8, 4) is 0 Å². The Balaban J connectivity index is 2.33. The topological polar surface area (TPSA) is 119 Å². The van der Waals surface area contributed by atoms with E-state index in [-0.39, 0.29) is 5.84 Å². The number of hydrogen-bond donors (Lipinski definition) is 2. The lowest BCUT2D eigenvalue weighted by Crippen LogP contribution is -2.41. The van der Waals surface area contributed by atoms with Crippen molar-refractivity contribution in [3.05, 3.63) is 30.3 Å². The number of hydrazone groups is 1. The maximum atomic E-state index is 12.0. The minimum atomic E-state index is -1.41. The maximum absolute atomic E-state index is 12.0. The quantitative estimate of drug-likeness (QED) is 0.523. The molecule has 0 aromatic heterocycles. The second-order valence-electron chi connectivity index (χ2n) is 3.67. The Kier molecular flexibility index (Phi) is 2.80. The lowest BCUT2D eigenvalue weighted by Gasteiger charge is -2.12. The van der Waals surface area contributed by atoms with Crippen LogP contribution in [0.1, 0.15) is 0 Å². The van der Waals surface area contributed by atoms with Gasteiger partial charge in [0.05, 0.1) is 5.69 Å². The molecule has 2 amide bonds. The number of benzene rings is 1. The molecule has 18 heavy (non-hydrogen) atoms. The van der Waals surface area contributed by atoms with Crippen LogP contribution in [-0.2, 0) is 14.4 Å². The number of nitrogens with zero attached hydrogens (tertiary/aromatic N) is 2. The van der Waals surface area contributed by atoms with Gasteiger partial charge < -0.3 is 11.5 Å². The van der Waals surface area contributed by atoms with Gasteiger partial charge in [0, 0.05) is 0 Å². The highest BCUT2D eigenvalue weighted by Crippen LogP contribution is 2.22. The fourth-order valence-electron chi connectivity index (χ4n) is 1.61. The average Bonchev–Trinajstić information content (AvgIpc) is 2.65. The molecule has 0 saturated heterocycles. The van der Waals surface area contributed by atoms with Gasteiger partial charge in [0.1, 0.15) is 5.84 Å². The van der Waals surface area contributed by atoms with Crippen LogP contribution >= 0.6 is 0 Å². The van der Waals surface area contributed by atoms with Gasteiger partial charge in [-0.15, -0.1) is 0 Å². The van der Waals surface area contributed by atoms with Crippen molar-refractivity contribution in [1.29, 1.82) is 0 Å². The van der Waals surface area contributed by atoms with Crippen molar-refractivity contribution in [2.75, 3.05) is 5.01 Å². The van der Waals surface area contributed by atoms with Gasteiger partial charge in [-0.05, 0) is 12.1 Å². The molecule has 2 rings (SSSR count). The molecule has 0 fully saturated rings. The van der Waals surface area contributed by atoms with Crippen molar-refractivity contribution in [1.82, 2.24) is 0 Å². The first-order valence-electron chi connectivity index (χ1n) is 5.09. The van der Waals surface area contributed by atoms with E-state index in [4.69, 9.17) is 11.5 Å². The monoisotopic (exact) mass is 246 g/mol. The Hall–Kier alpha value is -2.70. The summed E-state index contributed by atoms with van der Waals surface area (Å²) in [6, 6.07) is 8.44. The van der Waals surface area contributed by atoms with Crippen molar-refractivity contribution < 1.29 is 14.4 Å². The predicted octanol–water partition coefficient (Wildman–Crippen LogP) is -1.02. The molecule has 7 heteroatoms. The molecule has 0 bridgehead atoms. The van der Waals surface area contributed by atoms with Gasteiger partial charge in [-0.25, -0.2) is 0 Å². The molecule has 92 valence electrons. The number of amidine groups is 1. The number of carbonyl (C=O) groups is 3. The molecule has 1 atom stereocenters. The number of Topliss-reactive ketones (excluding diaryl/α,β-unsaturated/α-hetero) is 1. The first kappa shape index (κ1) is 11.8. The molecular weight excluding hydrogens is 236 g/mol. The zero-order chi connectivity index (χ0) is 13.3. The predicted molar refractivity (Wildman–Crippen MR) is 63.2 cm³/mol. The molecular formula is C11H10N4O3. The normalized spacial score (nSPS) is 18.7. The van der Waals surface area contributed by atoms with Gasteiger partial charge in [0.15, 0.2) is 5.92 Å². The van der Waals surface area contributed by atoms with Crippen LogP contribution in [-0.4, -0.2) is 23.4 Å². The molecule has 0 radical (unpaired) electrons. The van der Waals surface area contributed by atoms with E-state index in [0.717, 1.165) is 5.01 Å². The van der Waals surface area contributed by atoms with E-state index in [2.05, 4.69) is 5.10 Å². The molecule has 1 aliphatic heterocycles. The third kappa shape index (κ3) is 1.81. The zero-order valence-electron chi connectivity index (χ0n) is 9.24. The lowest BCUT2D eigenvalue weighted by molar-refractivity contribution is -0.139. The van der Waals surface area contributed by atoms with Crippen molar-refractivity contribution in [2.45, 2.75) is 0 Å². The zero-order valence-corrected chi connectivity index (χ0v) is 9.24. The summed E-state index contributed by atoms with van der Waals surface area (Å²) in [4.78, 5) is 34.2. The number of ketones is 1. The Morgan fingerprint density at radius 3 is 2.39 bits per heavy atom. The summed E-state index contributed by atoms with van der Waals surface area (Å²) in [6.07, 6.45) is 0. The van der Waals surface area contributed by atoms with Gasteiger partial charge in [-0.1, -0.05) is 18.2 Å². The molecule has 1 heterocycles.